The number of phenolic OH excluding ortho intramolecular Hbond substituents is 1. The zero-order valence-electron chi connectivity index (χ0n) is 16.1. The van der Waals surface area contributed by atoms with E-state index in [0.29, 0.717) is 27.8 Å². The van der Waals surface area contributed by atoms with E-state index in [4.69, 9.17) is 0 Å². The smallest absolute Gasteiger partial charge is 0.160 e. The number of fused-ring (bicyclic) bond motifs is 1. The number of aryl methyl sites for hydroxylation is 1. The minimum absolute atomic E-state index is 0.113. The number of phenols is 1. The molecule has 2 aromatic carbocycles. The van der Waals surface area contributed by atoms with Crippen LogP contribution in [-0.4, -0.2) is 27.6 Å². The van der Waals surface area contributed by atoms with Gasteiger partial charge in [0.05, 0.1) is 28.9 Å². The number of hydrogen-bond donors (Lipinski definition) is 1. The number of benzene rings is 2. The lowest BCUT2D eigenvalue weighted by Crippen LogP contribution is -2.10. The summed E-state index contributed by atoms with van der Waals surface area (Å²) in [6.07, 6.45) is 5.11. The SMILES string of the molecule is Cn1c(CS(=O)(=O)Cc2ccc(F)cc2)cc2c(Cn3ccnc3)c(O)c(Br)cc21. The van der Waals surface area contributed by atoms with Crippen molar-refractivity contribution in [1.82, 2.24) is 14.1 Å². The molecule has 0 aliphatic carbocycles. The number of aromatic nitrogens is 3. The van der Waals surface area contributed by atoms with E-state index in [1.54, 1.807) is 37.9 Å². The van der Waals surface area contributed by atoms with Gasteiger partial charge in [0.2, 0.25) is 0 Å². The second kappa shape index (κ2) is 7.88. The van der Waals surface area contributed by atoms with Gasteiger partial charge in [0.1, 0.15) is 11.6 Å². The van der Waals surface area contributed by atoms with Gasteiger partial charge in [0.25, 0.3) is 0 Å². The van der Waals surface area contributed by atoms with Crippen LogP contribution in [-0.2, 0) is 34.9 Å². The molecule has 0 saturated heterocycles. The zero-order chi connectivity index (χ0) is 21.5. The normalized spacial score (nSPS) is 12.0. The van der Waals surface area contributed by atoms with E-state index in [1.807, 2.05) is 9.13 Å². The number of nitrogens with zero attached hydrogens (tertiary/aromatic N) is 3. The van der Waals surface area contributed by atoms with Crippen LogP contribution in [0.1, 0.15) is 16.8 Å². The molecule has 1 N–H and O–H groups in total. The summed E-state index contributed by atoms with van der Waals surface area (Å²) in [6, 6.07) is 9.04. The van der Waals surface area contributed by atoms with Crippen molar-refractivity contribution in [3.05, 3.63) is 82.2 Å². The first-order valence-corrected chi connectivity index (χ1v) is 11.7. The fourth-order valence-electron chi connectivity index (χ4n) is 3.52. The third kappa shape index (κ3) is 4.13. The monoisotopic (exact) mass is 491 g/mol. The molecule has 0 saturated carbocycles. The number of hydrogen-bond acceptors (Lipinski definition) is 4. The molecule has 9 heteroatoms. The van der Waals surface area contributed by atoms with Gasteiger partial charge in [-0.1, -0.05) is 12.1 Å². The fraction of sp³-hybridized carbons (Fsp3) is 0.190. The standard InChI is InChI=1S/C21H19BrFN3O3S/c1-25-16(12-30(28,29)11-14-2-4-15(23)5-3-14)8-17-18(10-26-7-6-24-13-26)21(27)19(22)9-20(17)25/h2-9,13,27H,10-12H2,1H3. The first-order valence-electron chi connectivity index (χ1n) is 9.13. The second-order valence-corrected chi connectivity index (χ2v) is 10.1. The molecular weight excluding hydrogens is 473 g/mol. The molecule has 0 bridgehead atoms. The Kier molecular flexibility index (Phi) is 5.42. The largest absolute Gasteiger partial charge is 0.506 e. The predicted molar refractivity (Wildman–Crippen MR) is 116 cm³/mol. The van der Waals surface area contributed by atoms with E-state index in [-0.39, 0.29) is 17.3 Å². The van der Waals surface area contributed by atoms with Crippen LogP contribution in [0.2, 0.25) is 0 Å². The van der Waals surface area contributed by atoms with Crippen molar-refractivity contribution < 1.29 is 17.9 Å². The van der Waals surface area contributed by atoms with Crippen molar-refractivity contribution in [2.24, 2.45) is 7.05 Å². The Bertz CT molecular complexity index is 1310. The third-order valence-corrected chi connectivity index (χ3v) is 7.16. The van der Waals surface area contributed by atoms with Gasteiger partial charge >= 0.3 is 0 Å². The fourth-order valence-corrected chi connectivity index (χ4v) is 5.51. The van der Waals surface area contributed by atoms with Gasteiger partial charge in [-0.05, 0) is 45.8 Å². The van der Waals surface area contributed by atoms with Gasteiger partial charge in [-0.25, -0.2) is 17.8 Å². The summed E-state index contributed by atoms with van der Waals surface area (Å²) in [5.41, 5.74) is 2.63. The minimum Gasteiger partial charge on any atom is -0.506 e. The van der Waals surface area contributed by atoms with E-state index < -0.39 is 15.7 Å². The van der Waals surface area contributed by atoms with Crippen LogP contribution in [0, 0.1) is 5.82 Å². The predicted octanol–water partition coefficient (Wildman–Crippen LogP) is 4.15. The number of halogens is 2. The molecule has 0 fully saturated rings. The highest BCUT2D eigenvalue weighted by atomic mass is 79.9. The van der Waals surface area contributed by atoms with Crippen LogP contribution >= 0.6 is 15.9 Å². The number of imidazole rings is 1. The van der Waals surface area contributed by atoms with E-state index in [2.05, 4.69) is 20.9 Å². The summed E-state index contributed by atoms with van der Waals surface area (Å²) in [5, 5.41) is 11.4. The number of rotatable bonds is 6. The molecule has 156 valence electrons. The molecule has 4 aromatic rings. The van der Waals surface area contributed by atoms with Crippen molar-refractivity contribution in [2.45, 2.75) is 18.1 Å². The Labute approximate surface area is 181 Å². The Morgan fingerprint density at radius 3 is 2.57 bits per heavy atom. The highest BCUT2D eigenvalue weighted by Crippen LogP contribution is 2.37. The van der Waals surface area contributed by atoms with Crippen molar-refractivity contribution in [2.75, 3.05) is 0 Å². The van der Waals surface area contributed by atoms with Crippen molar-refractivity contribution in [3.63, 3.8) is 0 Å². The zero-order valence-corrected chi connectivity index (χ0v) is 18.5. The van der Waals surface area contributed by atoms with Gasteiger partial charge in [-0.3, -0.25) is 0 Å². The van der Waals surface area contributed by atoms with Crippen LogP contribution < -0.4 is 0 Å². The van der Waals surface area contributed by atoms with Crippen molar-refractivity contribution >= 4 is 36.7 Å². The van der Waals surface area contributed by atoms with Crippen molar-refractivity contribution in [3.8, 4) is 5.75 Å². The van der Waals surface area contributed by atoms with E-state index in [1.165, 1.54) is 24.3 Å². The van der Waals surface area contributed by atoms with Crippen LogP contribution in [0.5, 0.6) is 5.75 Å². The Morgan fingerprint density at radius 1 is 1.17 bits per heavy atom. The van der Waals surface area contributed by atoms with Gasteiger partial charge in [-0.15, -0.1) is 0 Å². The Morgan fingerprint density at radius 2 is 1.90 bits per heavy atom. The maximum atomic E-state index is 13.1. The van der Waals surface area contributed by atoms with Gasteiger partial charge < -0.3 is 14.2 Å². The molecule has 0 amide bonds. The van der Waals surface area contributed by atoms with Crippen LogP contribution in [0.25, 0.3) is 10.9 Å². The molecule has 0 unspecified atom stereocenters. The second-order valence-electron chi connectivity index (χ2n) is 7.21. The van der Waals surface area contributed by atoms with E-state index in [9.17, 15) is 17.9 Å². The molecule has 0 atom stereocenters. The van der Waals surface area contributed by atoms with Crippen LogP contribution in [0.15, 0.2) is 59.6 Å². The summed E-state index contributed by atoms with van der Waals surface area (Å²) >= 11 is 3.39. The molecule has 2 aromatic heterocycles. The highest BCUT2D eigenvalue weighted by molar-refractivity contribution is 9.10. The average Bonchev–Trinajstić information content (AvgIpc) is 3.30. The first kappa shape index (κ1) is 20.6. The summed E-state index contributed by atoms with van der Waals surface area (Å²) in [4.78, 5) is 4.03. The summed E-state index contributed by atoms with van der Waals surface area (Å²) in [6.45, 7) is 0.396. The number of sulfone groups is 1. The first-order chi connectivity index (χ1) is 14.2. The maximum absolute atomic E-state index is 13.1. The van der Waals surface area contributed by atoms with E-state index >= 15 is 0 Å². The lowest BCUT2D eigenvalue weighted by molar-refractivity contribution is 0.464. The lowest BCUT2D eigenvalue weighted by atomic mass is 10.1. The van der Waals surface area contributed by atoms with Crippen LogP contribution in [0.3, 0.4) is 0 Å². The molecule has 0 aliphatic rings. The molecule has 0 aliphatic heterocycles. The molecule has 30 heavy (non-hydrogen) atoms. The van der Waals surface area contributed by atoms with Crippen LogP contribution in [0.4, 0.5) is 4.39 Å². The molecule has 0 spiro atoms. The third-order valence-electron chi connectivity index (χ3n) is 5.05. The molecule has 6 nitrogen and oxygen atoms in total. The van der Waals surface area contributed by atoms with Gasteiger partial charge in [0, 0.05) is 41.6 Å². The quantitative estimate of drug-likeness (QED) is 0.439. The van der Waals surface area contributed by atoms with Gasteiger partial charge in [-0.2, -0.15) is 0 Å². The lowest BCUT2D eigenvalue weighted by Gasteiger charge is -2.10. The topological polar surface area (TPSA) is 77.1 Å². The van der Waals surface area contributed by atoms with Crippen molar-refractivity contribution in [1.29, 1.82) is 0 Å². The maximum Gasteiger partial charge on any atom is 0.160 e. The summed E-state index contributed by atoms with van der Waals surface area (Å²) in [5.74, 6) is -0.632. The van der Waals surface area contributed by atoms with Gasteiger partial charge in [0.15, 0.2) is 9.84 Å². The molecular formula is C21H19BrFN3O3S. The minimum atomic E-state index is -3.49. The Balaban J connectivity index is 1.71. The average molecular weight is 492 g/mol. The van der Waals surface area contributed by atoms with E-state index in [0.717, 1.165) is 10.9 Å². The number of aromatic hydroxyl groups is 1. The summed E-state index contributed by atoms with van der Waals surface area (Å²) in [7, 11) is -1.69. The highest BCUT2D eigenvalue weighted by Gasteiger charge is 2.20. The summed E-state index contributed by atoms with van der Waals surface area (Å²) < 4.78 is 42.8. The molecule has 4 rings (SSSR count). The molecule has 0 radical (unpaired) electrons. The molecule has 2 heterocycles. The Hall–Kier alpha value is -2.65.